The predicted molar refractivity (Wildman–Crippen MR) is 80.9 cm³/mol. The van der Waals surface area contributed by atoms with Gasteiger partial charge in [-0.3, -0.25) is 9.59 Å². The Kier molecular flexibility index (Phi) is 5.93. The van der Waals surface area contributed by atoms with Crippen LogP contribution >= 0.6 is 0 Å². The van der Waals surface area contributed by atoms with Crippen molar-refractivity contribution in [1.82, 2.24) is 0 Å². The molecular formula is C17H23NO3. The van der Waals surface area contributed by atoms with E-state index in [4.69, 9.17) is 10.5 Å². The number of hydrogen-bond acceptors (Lipinski definition) is 4. The Morgan fingerprint density at radius 2 is 1.76 bits per heavy atom. The highest BCUT2D eigenvalue weighted by Crippen LogP contribution is 2.21. The number of Topliss-reactive ketones (excluding diaryl/α,β-unsaturated/α-hetero) is 1. The van der Waals surface area contributed by atoms with Crippen molar-refractivity contribution in [2.45, 2.75) is 57.1 Å². The van der Waals surface area contributed by atoms with Crippen molar-refractivity contribution in [2.75, 3.05) is 0 Å². The second kappa shape index (κ2) is 7.93. The zero-order chi connectivity index (χ0) is 15.1. The molecule has 0 aromatic heterocycles. The molecule has 0 heterocycles. The lowest BCUT2D eigenvalue weighted by Crippen LogP contribution is -2.30. The predicted octanol–water partition coefficient (Wildman–Crippen LogP) is 2.85. The van der Waals surface area contributed by atoms with Gasteiger partial charge >= 0.3 is 5.97 Å². The first kappa shape index (κ1) is 15.7. The smallest absolute Gasteiger partial charge is 0.307 e. The maximum Gasteiger partial charge on any atom is 0.307 e. The standard InChI is InChI=1S/C17H23NO3/c18-14(11-16(19)13-7-3-1-4-8-13)12-17(20)21-15-9-5-2-6-10-15/h1,3-4,7-8,14-15H,2,5-6,9-12,18H2. The van der Waals surface area contributed by atoms with Crippen molar-refractivity contribution in [3.63, 3.8) is 0 Å². The summed E-state index contributed by atoms with van der Waals surface area (Å²) in [6, 6.07) is 8.53. The molecule has 21 heavy (non-hydrogen) atoms. The van der Waals surface area contributed by atoms with Gasteiger partial charge in [0.25, 0.3) is 0 Å². The van der Waals surface area contributed by atoms with Crippen molar-refractivity contribution in [1.29, 1.82) is 0 Å². The van der Waals surface area contributed by atoms with Crippen molar-refractivity contribution in [3.05, 3.63) is 35.9 Å². The Morgan fingerprint density at radius 3 is 2.43 bits per heavy atom. The number of nitrogens with two attached hydrogens (primary N) is 1. The summed E-state index contributed by atoms with van der Waals surface area (Å²) in [4.78, 5) is 23.8. The van der Waals surface area contributed by atoms with E-state index in [-0.39, 0.29) is 30.7 Å². The molecule has 0 radical (unpaired) electrons. The van der Waals surface area contributed by atoms with Crippen molar-refractivity contribution in [2.24, 2.45) is 5.73 Å². The second-order valence-corrected chi connectivity index (χ2v) is 5.71. The Bertz CT molecular complexity index is 466. The van der Waals surface area contributed by atoms with Crippen LogP contribution in [0.15, 0.2) is 30.3 Å². The average molecular weight is 289 g/mol. The summed E-state index contributed by atoms with van der Waals surface area (Å²) < 4.78 is 5.42. The molecule has 1 aliphatic carbocycles. The normalized spacial score (nSPS) is 17.2. The Morgan fingerprint density at radius 1 is 1.10 bits per heavy atom. The number of carbonyl (C=O) groups excluding carboxylic acids is 2. The van der Waals surface area contributed by atoms with Crippen LogP contribution in [-0.2, 0) is 9.53 Å². The molecule has 0 spiro atoms. The Labute approximate surface area is 125 Å². The second-order valence-electron chi connectivity index (χ2n) is 5.71. The summed E-state index contributed by atoms with van der Waals surface area (Å²) in [5.41, 5.74) is 6.53. The van der Waals surface area contributed by atoms with Crippen LogP contribution in [0.5, 0.6) is 0 Å². The van der Waals surface area contributed by atoms with Crippen LogP contribution in [0.25, 0.3) is 0 Å². The SMILES string of the molecule is NC(CC(=O)OC1CCCCC1)CC(=O)c1ccccc1. The van der Waals surface area contributed by atoms with E-state index < -0.39 is 6.04 Å². The van der Waals surface area contributed by atoms with Gasteiger partial charge in [-0.05, 0) is 25.7 Å². The number of esters is 1. The van der Waals surface area contributed by atoms with Crippen LogP contribution in [0.2, 0.25) is 0 Å². The minimum atomic E-state index is -0.478. The molecule has 1 aromatic carbocycles. The first-order valence-electron chi connectivity index (χ1n) is 7.68. The highest BCUT2D eigenvalue weighted by molar-refractivity contribution is 5.96. The Hall–Kier alpha value is -1.68. The van der Waals surface area contributed by atoms with Gasteiger partial charge in [0.15, 0.2) is 5.78 Å². The van der Waals surface area contributed by atoms with E-state index in [0.717, 1.165) is 25.7 Å². The lowest BCUT2D eigenvalue weighted by molar-refractivity contribution is -0.150. The van der Waals surface area contributed by atoms with Crippen LogP contribution in [0, 0.1) is 0 Å². The third-order valence-electron chi connectivity index (χ3n) is 3.82. The number of rotatable bonds is 6. The summed E-state index contributed by atoms with van der Waals surface area (Å²) in [6.45, 7) is 0. The van der Waals surface area contributed by atoms with E-state index >= 15 is 0 Å². The van der Waals surface area contributed by atoms with E-state index in [1.807, 2.05) is 18.2 Å². The zero-order valence-electron chi connectivity index (χ0n) is 12.3. The molecule has 114 valence electrons. The first-order chi connectivity index (χ1) is 10.1. The van der Waals surface area contributed by atoms with Crippen LogP contribution in [-0.4, -0.2) is 23.9 Å². The fourth-order valence-corrected chi connectivity index (χ4v) is 2.68. The van der Waals surface area contributed by atoms with Crippen molar-refractivity contribution in [3.8, 4) is 0 Å². The van der Waals surface area contributed by atoms with Gasteiger partial charge in [0.2, 0.25) is 0 Å². The lowest BCUT2D eigenvalue weighted by Gasteiger charge is -2.22. The third kappa shape index (κ3) is 5.31. The molecule has 1 unspecified atom stereocenters. The largest absolute Gasteiger partial charge is 0.462 e. The Balaban J connectivity index is 1.74. The highest BCUT2D eigenvalue weighted by Gasteiger charge is 2.20. The van der Waals surface area contributed by atoms with E-state index in [1.54, 1.807) is 12.1 Å². The lowest BCUT2D eigenvalue weighted by atomic mass is 9.97. The van der Waals surface area contributed by atoms with Crippen LogP contribution in [0.4, 0.5) is 0 Å². The highest BCUT2D eigenvalue weighted by atomic mass is 16.5. The minimum absolute atomic E-state index is 0.0337. The molecule has 1 atom stereocenters. The van der Waals surface area contributed by atoms with Gasteiger partial charge in [0, 0.05) is 18.0 Å². The van der Waals surface area contributed by atoms with Crippen molar-refractivity contribution < 1.29 is 14.3 Å². The van der Waals surface area contributed by atoms with Gasteiger partial charge in [-0.25, -0.2) is 0 Å². The fraction of sp³-hybridized carbons (Fsp3) is 0.529. The number of ether oxygens (including phenoxy) is 1. The third-order valence-corrected chi connectivity index (χ3v) is 3.82. The van der Waals surface area contributed by atoms with Gasteiger partial charge in [-0.2, -0.15) is 0 Å². The molecule has 1 aromatic rings. The molecule has 2 N–H and O–H groups in total. The summed E-state index contributed by atoms with van der Waals surface area (Å²) in [6.07, 6.45) is 5.68. The summed E-state index contributed by atoms with van der Waals surface area (Å²) in [5, 5.41) is 0. The summed E-state index contributed by atoms with van der Waals surface area (Å²) in [7, 11) is 0. The van der Waals surface area contributed by atoms with E-state index in [9.17, 15) is 9.59 Å². The van der Waals surface area contributed by atoms with E-state index in [1.165, 1.54) is 6.42 Å². The number of hydrogen-bond donors (Lipinski definition) is 1. The molecule has 1 saturated carbocycles. The monoisotopic (exact) mass is 289 g/mol. The first-order valence-corrected chi connectivity index (χ1v) is 7.68. The quantitative estimate of drug-likeness (QED) is 0.646. The molecule has 1 aliphatic rings. The molecule has 0 saturated heterocycles. The summed E-state index contributed by atoms with van der Waals surface area (Å²) in [5.74, 6) is -0.316. The maximum atomic E-state index is 12.0. The average Bonchev–Trinajstić information content (AvgIpc) is 2.48. The van der Waals surface area contributed by atoms with E-state index in [2.05, 4.69) is 0 Å². The number of carbonyl (C=O) groups is 2. The van der Waals surface area contributed by atoms with Crippen LogP contribution < -0.4 is 5.73 Å². The van der Waals surface area contributed by atoms with Gasteiger partial charge in [0.1, 0.15) is 6.10 Å². The molecular weight excluding hydrogens is 266 g/mol. The van der Waals surface area contributed by atoms with Gasteiger partial charge in [-0.15, -0.1) is 0 Å². The van der Waals surface area contributed by atoms with Crippen molar-refractivity contribution >= 4 is 11.8 Å². The van der Waals surface area contributed by atoms with Gasteiger partial charge < -0.3 is 10.5 Å². The molecule has 4 nitrogen and oxygen atoms in total. The van der Waals surface area contributed by atoms with Crippen LogP contribution in [0.1, 0.15) is 55.3 Å². The maximum absolute atomic E-state index is 12.0. The topological polar surface area (TPSA) is 69.4 Å². The minimum Gasteiger partial charge on any atom is -0.462 e. The molecule has 0 bridgehead atoms. The van der Waals surface area contributed by atoms with Gasteiger partial charge in [0.05, 0.1) is 6.42 Å². The summed E-state index contributed by atoms with van der Waals surface area (Å²) >= 11 is 0. The number of benzene rings is 1. The zero-order valence-corrected chi connectivity index (χ0v) is 12.3. The fourth-order valence-electron chi connectivity index (χ4n) is 2.68. The molecule has 2 rings (SSSR count). The molecule has 0 aliphatic heterocycles. The van der Waals surface area contributed by atoms with E-state index in [0.29, 0.717) is 5.56 Å². The van der Waals surface area contributed by atoms with Gasteiger partial charge in [-0.1, -0.05) is 36.8 Å². The molecule has 1 fully saturated rings. The molecule has 4 heteroatoms. The van der Waals surface area contributed by atoms with Crippen LogP contribution in [0.3, 0.4) is 0 Å². The number of ketones is 1. The molecule has 0 amide bonds.